The molecular weight excluding hydrogens is 210 g/mol. The van der Waals surface area contributed by atoms with Crippen LogP contribution in [-0.4, -0.2) is 14.6 Å². The minimum Gasteiger partial charge on any atom is -0.294 e. The van der Waals surface area contributed by atoms with Crippen molar-refractivity contribution in [2.45, 2.75) is 25.4 Å². The van der Waals surface area contributed by atoms with Gasteiger partial charge in [-0.05, 0) is 13.8 Å². The van der Waals surface area contributed by atoms with Crippen molar-refractivity contribution in [3.05, 3.63) is 32.9 Å². The number of nitrogens with one attached hydrogen (secondary N) is 1. The Bertz CT molecular complexity index is 611. The molecule has 1 aliphatic heterocycles. The van der Waals surface area contributed by atoms with Crippen LogP contribution in [0.4, 0.5) is 0 Å². The molecule has 3 heterocycles. The molecule has 4 nitrogen and oxygen atoms in total. The minimum atomic E-state index is 0.0659. The average Bonchev–Trinajstić information content (AvgIpc) is 2.77. The number of hydrogen-bond acceptors (Lipinski definition) is 3. The third kappa shape index (κ3) is 1.10. The van der Waals surface area contributed by atoms with Crippen LogP contribution in [0.25, 0.3) is 5.65 Å². The minimum absolute atomic E-state index is 0.0659. The van der Waals surface area contributed by atoms with Gasteiger partial charge in [0.2, 0.25) is 0 Å². The Labute approximate surface area is 90.7 Å². The molecule has 2 aromatic rings. The van der Waals surface area contributed by atoms with Crippen molar-refractivity contribution in [2.24, 2.45) is 0 Å². The van der Waals surface area contributed by atoms with E-state index in [1.54, 1.807) is 16.3 Å². The molecule has 0 unspecified atom stereocenters. The van der Waals surface area contributed by atoms with Gasteiger partial charge in [0.05, 0.1) is 11.3 Å². The number of thioether (sulfide) groups is 1. The van der Waals surface area contributed by atoms with Crippen LogP contribution < -0.4 is 5.56 Å². The van der Waals surface area contributed by atoms with E-state index in [-0.39, 0.29) is 5.56 Å². The van der Waals surface area contributed by atoms with Crippen LogP contribution in [0, 0.1) is 13.8 Å². The Morgan fingerprint density at radius 1 is 1.40 bits per heavy atom. The summed E-state index contributed by atoms with van der Waals surface area (Å²) in [7, 11) is 0. The van der Waals surface area contributed by atoms with Gasteiger partial charge in [0.1, 0.15) is 0 Å². The van der Waals surface area contributed by atoms with Gasteiger partial charge in [-0.3, -0.25) is 9.89 Å². The number of aryl methyl sites for hydroxylation is 2. The van der Waals surface area contributed by atoms with E-state index in [4.69, 9.17) is 0 Å². The Morgan fingerprint density at radius 3 is 3.00 bits per heavy atom. The molecule has 0 atom stereocenters. The van der Waals surface area contributed by atoms with Gasteiger partial charge in [-0.1, -0.05) is 0 Å². The number of aromatic nitrogens is 3. The van der Waals surface area contributed by atoms with E-state index in [1.807, 2.05) is 13.8 Å². The van der Waals surface area contributed by atoms with E-state index < -0.39 is 0 Å². The van der Waals surface area contributed by atoms with Crippen molar-refractivity contribution >= 4 is 17.4 Å². The summed E-state index contributed by atoms with van der Waals surface area (Å²) in [5.41, 5.74) is 4.74. The fourth-order valence-electron chi connectivity index (χ4n) is 1.89. The maximum atomic E-state index is 12.1. The van der Waals surface area contributed by atoms with Crippen LogP contribution in [0.1, 0.15) is 22.5 Å². The summed E-state index contributed by atoms with van der Waals surface area (Å²) in [5, 5.41) is 3.06. The predicted octanol–water partition coefficient (Wildman–Crippen LogP) is 1.39. The van der Waals surface area contributed by atoms with Crippen molar-refractivity contribution in [1.82, 2.24) is 14.6 Å². The molecule has 0 saturated carbocycles. The highest BCUT2D eigenvalue weighted by atomic mass is 32.2. The maximum Gasteiger partial charge on any atom is 0.277 e. The van der Waals surface area contributed by atoms with Gasteiger partial charge in [-0.2, -0.15) is 11.8 Å². The standard InChI is InChI=1S/C10H11N3OS/c1-5-6(2)12-13-9(5)11-8-4-15-3-7(8)10(13)14/h12H,3-4H2,1-2H3. The molecule has 0 amide bonds. The van der Waals surface area contributed by atoms with Crippen molar-refractivity contribution in [2.75, 3.05) is 0 Å². The largest absolute Gasteiger partial charge is 0.294 e. The fourth-order valence-corrected chi connectivity index (χ4v) is 2.92. The number of aromatic amines is 1. The highest BCUT2D eigenvalue weighted by Gasteiger charge is 2.20. The predicted molar refractivity (Wildman–Crippen MR) is 60.3 cm³/mol. The molecule has 2 aromatic heterocycles. The monoisotopic (exact) mass is 221 g/mol. The smallest absolute Gasteiger partial charge is 0.277 e. The van der Waals surface area contributed by atoms with Crippen molar-refractivity contribution < 1.29 is 0 Å². The van der Waals surface area contributed by atoms with Crippen LogP contribution >= 0.6 is 11.8 Å². The molecule has 1 N–H and O–H groups in total. The second-order valence-electron chi connectivity index (χ2n) is 3.86. The third-order valence-corrected chi connectivity index (χ3v) is 3.90. The molecule has 1 aliphatic rings. The van der Waals surface area contributed by atoms with Crippen molar-refractivity contribution in [3.8, 4) is 0 Å². The summed E-state index contributed by atoms with van der Waals surface area (Å²) in [6.45, 7) is 3.95. The maximum absolute atomic E-state index is 12.1. The first-order chi connectivity index (χ1) is 7.18. The molecule has 0 aromatic carbocycles. The van der Waals surface area contributed by atoms with E-state index in [2.05, 4.69) is 10.1 Å². The number of rotatable bonds is 0. The zero-order chi connectivity index (χ0) is 10.6. The van der Waals surface area contributed by atoms with Crippen LogP contribution in [0.5, 0.6) is 0 Å². The first-order valence-electron chi connectivity index (χ1n) is 4.86. The lowest BCUT2D eigenvalue weighted by Gasteiger charge is -1.98. The van der Waals surface area contributed by atoms with E-state index >= 15 is 0 Å². The normalized spacial score (nSPS) is 14.8. The molecule has 0 fully saturated rings. The van der Waals surface area contributed by atoms with Gasteiger partial charge in [0, 0.05) is 22.8 Å². The highest BCUT2D eigenvalue weighted by Crippen LogP contribution is 2.26. The van der Waals surface area contributed by atoms with Gasteiger partial charge in [0.15, 0.2) is 5.65 Å². The van der Waals surface area contributed by atoms with Gasteiger partial charge < -0.3 is 0 Å². The molecule has 0 saturated heterocycles. The SMILES string of the molecule is Cc1[nH]n2c(=O)c3c(nc2c1C)CSC3. The molecular formula is C10H11N3OS. The molecule has 78 valence electrons. The van der Waals surface area contributed by atoms with Gasteiger partial charge in [0.25, 0.3) is 5.56 Å². The summed E-state index contributed by atoms with van der Waals surface area (Å²) in [6, 6.07) is 0. The van der Waals surface area contributed by atoms with E-state index in [0.717, 1.165) is 39.7 Å². The summed E-state index contributed by atoms with van der Waals surface area (Å²) in [5.74, 6) is 1.66. The first kappa shape index (κ1) is 9.03. The Morgan fingerprint density at radius 2 is 2.20 bits per heavy atom. The highest BCUT2D eigenvalue weighted by molar-refractivity contribution is 7.98. The Kier molecular flexibility index (Phi) is 1.74. The molecule has 0 aliphatic carbocycles. The first-order valence-corrected chi connectivity index (χ1v) is 6.01. The summed E-state index contributed by atoms with van der Waals surface area (Å²) >= 11 is 1.75. The number of H-pyrrole nitrogens is 1. The molecule has 0 bridgehead atoms. The lowest BCUT2D eigenvalue weighted by Crippen LogP contribution is -2.20. The molecule has 5 heteroatoms. The summed E-state index contributed by atoms with van der Waals surface area (Å²) in [4.78, 5) is 16.6. The summed E-state index contributed by atoms with van der Waals surface area (Å²) < 4.78 is 1.56. The molecule has 0 radical (unpaired) electrons. The lowest BCUT2D eigenvalue weighted by atomic mass is 10.2. The van der Waals surface area contributed by atoms with E-state index in [0.29, 0.717) is 0 Å². The van der Waals surface area contributed by atoms with Gasteiger partial charge in [-0.25, -0.2) is 9.50 Å². The topological polar surface area (TPSA) is 50.2 Å². The van der Waals surface area contributed by atoms with Crippen LogP contribution in [-0.2, 0) is 11.5 Å². The molecule has 15 heavy (non-hydrogen) atoms. The number of nitrogens with zero attached hydrogens (tertiary/aromatic N) is 2. The van der Waals surface area contributed by atoms with E-state index in [1.165, 1.54) is 0 Å². The van der Waals surface area contributed by atoms with Crippen molar-refractivity contribution in [3.63, 3.8) is 0 Å². The van der Waals surface area contributed by atoms with Crippen LogP contribution in [0.3, 0.4) is 0 Å². The Balaban J connectivity index is 2.51. The second kappa shape index (κ2) is 2.88. The lowest BCUT2D eigenvalue weighted by molar-refractivity contribution is 0.859. The molecule has 3 rings (SSSR count). The van der Waals surface area contributed by atoms with Crippen molar-refractivity contribution in [1.29, 1.82) is 0 Å². The fraction of sp³-hybridized carbons (Fsp3) is 0.400. The number of fused-ring (bicyclic) bond motifs is 2. The van der Waals surface area contributed by atoms with Gasteiger partial charge in [-0.15, -0.1) is 0 Å². The average molecular weight is 221 g/mol. The van der Waals surface area contributed by atoms with Gasteiger partial charge >= 0.3 is 0 Å². The van der Waals surface area contributed by atoms with Crippen LogP contribution in [0.2, 0.25) is 0 Å². The summed E-state index contributed by atoms with van der Waals surface area (Å²) in [6.07, 6.45) is 0. The quantitative estimate of drug-likeness (QED) is 0.731. The second-order valence-corrected chi connectivity index (χ2v) is 4.84. The van der Waals surface area contributed by atoms with E-state index in [9.17, 15) is 4.79 Å². The Hall–Kier alpha value is -1.23. The zero-order valence-electron chi connectivity index (χ0n) is 8.63. The molecule has 0 spiro atoms. The zero-order valence-corrected chi connectivity index (χ0v) is 9.44. The number of hydrogen-bond donors (Lipinski definition) is 1. The third-order valence-electron chi connectivity index (χ3n) is 2.92. The van der Waals surface area contributed by atoms with Crippen LogP contribution in [0.15, 0.2) is 4.79 Å².